The van der Waals surface area contributed by atoms with E-state index in [1.165, 1.54) is 0 Å². The molecule has 0 spiro atoms. The molecule has 2 aromatic carbocycles. The van der Waals surface area contributed by atoms with Crippen LogP contribution in [0.25, 0.3) is 0 Å². The summed E-state index contributed by atoms with van der Waals surface area (Å²) in [7, 11) is 0. The van der Waals surface area contributed by atoms with Gasteiger partial charge in [-0.05, 0) is 49.2 Å². The van der Waals surface area contributed by atoms with Gasteiger partial charge in [-0.1, -0.05) is 24.3 Å². The van der Waals surface area contributed by atoms with Gasteiger partial charge < -0.3 is 15.0 Å². The minimum Gasteiger partial charge on any atom is -0.455 e. The average Bonchev–Trinajstić information content (AvgIpc) is 3.05. The number of carbonyl (C=O) groups excluding carboxylic acids is 3. The van der Waals surface area contributed by atoms with Gasteiger partial charge in [0.15, 0.2) is 6.61 Å². The number of nitrogens with zero attached hydrogens (tertiary/aromatic N) is 1. The summed E-state index contributed by atoms with van der Waals surface area (Å²) in [6.07, 6.45) is 0.0898. The molecule has 2 aromatic rings. The van der Waals surface area contributed by atoms with Gasteiger partial charge >= 0.3 is 5.97 Å². The molecule has 0 unspecified atom stereocenters. The third-order valence-corrected chi connectivity index (χ3v) is 4.66. The van der Waals surface area contributed by atoms with Gasteiger partial charge in [-0.15, -0.1) is 0 Å². The Morgan fingerprint density at radius 2 is 1.85 bits per heavy atom. The highest BCUT2D eigenvalue weighted by Crippen LogP contribution is 2.25. The summed E-state index contributed by atoms with van der Waals surface area (Å²) in [6, 6.07) is 14.8. The Morgan fingerprint density at radius 3 is 2.56 bits per heavy atom. The quantitative estimate of drug-likeness (QED) is 0.826. The lowest BCUT2D eigenvalue weighted by molar-refractivity contribution is -0.151. The van der Waals surface area contributed by atoms with Gasteiger partial charge in [0.25, 0.3) is 5.91 Å². The molecule has 6 nitrogen and oxygen atoms in total. The van der Waals surface area contributed by atoms with Gasteiger partial charge in [-0.2, -0.15) is 0 Å². The number of amides is 2. The SMILES string of the molecule is Cc1ccc(NC(=O)COC(=O)[C@H]2CC(=O)N(c3ccccc3)C2)cc1C. The number of para-hydroxylation sites is 1. The normalized spacial score (nSPS) is 16.3. The van der Waals surface area contributed by atoms with E-state index in [9.17, 15) is 14.4 Å². The van der Waals surface area contributed by atoms with Crippen molar-refractivity contribution in [2.75, 3.05) is 23.4 Å². The molecular formula is C21H22N2O4. The zero-order valence-corrected chi connectivity index (χ0v) is 15.4. The van der Waals surface area contributed by atoms with Gasteiger partial charge in [-0.3, -0.25) is 14.4 Å². The molecule has 0 bridgehead atoms. The Hall–Kier alpha value is -3.15. The van der Waals surface area contributed by atoms with Crippen molar-refractivity contribution in [3.63, 3.8) is 0 Å². The molecule has 0 aliphatic carbocycles. The Balaban J connectivity index is 1.51. The highest BCUT2D eigenvalue weighted by Gasteiger charge is 2.36. The van der Waals surface area contributed by atoms with E-state index >= 15 is 0 Å². The number of anilines is 2. The van der Waals surface area contributed by atoms with Crippen molar-refractivity contribution < 1.29 is 19.1 Å². The molecule has 6 heteroatoms. The van der Waals surface area contributed by atoms with Crippen LogP contribution in [-0.2, 0) is 19.1 Å². The molecule has 1 aliphatic rings. The molecule has 27 heavy (non-hydrogen) atoms. The van der Waals surface area contributed by atoms with Crippen LogP contribution < -0.4 is 10.2 Å². The number of nitrogens with one attached hydrogen (secondary N) is 1. The minimum absolute atomic E-state index is 0.0898. The van der Waals surface area contributed by atoms with Crippen molar-refractivity contribution in [2.45, 2.75) is 20.3 Å². The first-order chi connectivity index (χ1) is 12.9. The zero-order chi connectivity index (χ0) is 19.4. The van der Waals surface area contributed by atoms with E-state index in [2.05, 4.69) is 5.32 Å². The molecule has 1 N–H and O–H groups in total. The van der Waals surface area contributed by atoms with Crippen LogP contribution in [0.2, 0.25) is 0 Å². The predicted octanol–water partition coefficient (Wildman–Crippen LogP) is 2.84. The van der Waals surface area contributed by atoms with Gasteiger partial charge in [0, 0.05) is 24.3 Å². The number of benzene rings is 2. The largest absolute Gasteiger partial charge is 0.455 e. The molecule has 0 radical (unpaired) electrons. The van der Waals surface area contributed by atoms with E-state index in [0.29, 0.717) is 5.69 Å². The molecule has 1 aliphatic heterocycles. The molecule has 0 saturated carbocycles. The van der Waals surface area contributed by atoms with Crippen LogP contribution in [0.4, 0.5) is 11.4 Å². The number of carbonyl (C=O) groups is 3. The number of hydrogen-bond acceptors (Lipinski definition) is 4. The lowest BCUT2D eigenvalue weighted by Crippen LogP contribution is -2.28. The number of aryl methyl sites for hydroxylation is 2. The number of hydrogen-bond donors (Lipinski definition) is 1. The van der Waals surface area contributed by atoms with Crippen LogP contribution in [0.5, 0.6) is 0 Å². The summed E-state index contributed by atoms with van der Waals surface area (Å²) in [4.78, 5) is 38.0. The Morgan fingerprint density at radius 1 is 1.11 bits per heavy atom. The monoisotopic (exact) mass is 366 g/mol. The first-order valence-electron chi connectivity index (χ1n) is 8.83. The van der Waals surface area contributed by atoms with Crippen LogP contribution >= 0.6 is 0 Å². The topological polar surface area (TPSA) is 75.7 Å². The summed E-state index contributed by atoms with van der Waals surface area (Å²) in [5.41, 5.74) is 3.61. The lowest BCUT2D eigenvalue weighted by atomic mass is 10.1. The van der Waals surface area contributed by atoms with Crippen LogP contribution in [-0.4, -0.2) is 30.9 Å². The maximum atomic E-state index is 12.2. The molecule has 1 atom stereocenters. The Labute approximate surface area is 158 Å². The van der Waals surface area contributed by atoms with Crippen molar-refractivity contribution in [3.05, 3.63) is 59.7 Å². The van der Waals surface area contributed by atoms with E-state index in [1.54, 1.807) is 11.0 Å². The van der Waals surface area contributed by atoms with E-state index in [-0.39, 0.29) is 25.5 Å². The maximum absolute atomic E-state index is 12.2. The molecule has 0 aromatic heterocycles. The fourth-order valence-electron chi connectivity index (χ4n) is 2.99. The molecule has 1 saturated heterocycles. The minimum atomic E-state index is -0.563. The fourth-order valence-corrected chi connectivity index (χ4v) is 2.99. The standard InChI is InChI=1S/C21H22N2O4/c1-14-8-9-17(10-15(14)2)22-19(24)13-27-21(26)16-11-20(25)23(12-16)18-6-4-3-5-7-18/h3-10,16H,11-13H2,1-2H3,(H,22,24)/t16-/m0/s1. The Bertz CT molecular complexity index is 864. The predicted molar refractivity (Wildman–Crippen MR) is 102 cm³/mol. The van der Waals surface area contributed by atoms with Crippen LogP contribution in [0, 0.1) is 19.8 Å². The molecule has 3 rings (SSSR count). The third-order valence-electron chi connectivity index (χ3n) is 4.66. The lowest BCUT2D eigenvalue weighted by Gasteiger charge is -2.16. The van der Waals surface area contributed by atoms with E-state index in [1.807, 2.05) is 56.3 Å². The van der Waals surface area contributed by atoms with Crippen molar-refractivity contribution in [1.82, 2.24) is 0 Å². The maximum Gasteiger partial charge on any atom is 0.311 e. The van der Waals surface area contributed by atoms with Crippen LogP contribution in [0.3, 0.4) is 0 Å². The average molecular weight is 366 g/mol. The van der Waals surface area contributed by atoms with Crippen LogP contribution in [0.1, 0.15) is 17.5 Å². The van der Waals surface area contributed by atoms with Crippen LogP contribution in [0.15, 0.2) is 48.5 Å². The molecule has 140 valence electrons. The molecule has 2 amide bonds. The second-order valence-corrected chi connectivity index (χ2v) is 6.70. The Kier molecular flexibility index (Phi) is 5.54. The molecule has 1 fully saturated rings. The highest BCUT2D eigenvalue weighted by molar-refractivity contribution is 6.00. The number of rotatable bonds is 5. The fraction of sp³-hybridized carbons (Fsp3) is 0.286. The molecular weight excluding hydrogens is 344 g/mol. The van der Waals surface area contributed by atoms with E-state index < -0.39 is 17.8 Å². The van der Waals surface area contributed by atoms with Gasteiger partial charge in [0.2, 0.25) is 5.91 Å². The smallest absolute Gasteiger partial charge is 0.311 e. The van der Waals surface area contributed by atoms with Crippen molar-refractivity contribution >= 4 is 29.2 Å². The van der Waals surface area contributed by atoms with Gasteiger partial charge in [0.1, 0.15) is 0 Å². The summed E-state index contributed by atoms with van der Waals surface area (Å²) < 4.78 is 5.12. The van der Waals surface area contributed by atoms with E-state index in [4.69, 9.17) is 4.74 Å². The number of esters is 1. The van der Waals surface area contributed by atoms with Crippen molar-refractivity contribution in [3.8, 4) is 0 Å². The summed E-state index contributed by atoms with van der Waals surface area (Å²) >= 11 is 0. The summed E-state index contributed by atoms with van der Waals surface area (Å²) in [5.74, 6) is -1.62. The van der Waals surface area contributed by atoms with Gasteiger partial charge in [-0.25, -0.2) is 0 Å². The van der Waals surface area contributed by atoms with E-state index in [0.717, 1.165) is 16.8 Å². The summed E-state index contributed by atoms with van der Waals surface area (Å²) in [6.45, 7) is 3.84. The second-order valence-electron chi connectivity index (χ2n) is 6.70. The third kappa shape index (κ3) is 4.53. The first-order valence-corrected chi connectivity index (χ1v) is 8.83. The zero-order valence-electron chi connectivity index (χ0n) is 15.4. The first kappa shape index (κ1) is 18.6. The second kappa shape index (κ2) is 8.03. The summed E-state index contributed by atoms with van der Waals surface area (Å²) in [5, 5.41) is 2.71. The van der Waals surface area contributed by atoms with Crippen molar-refractivity contribution in [2.24, 2.45) is 5.92 Å². The number of ether oxygens (including phenoxy) is 1. The highest BCUT2D eigenvalue weighted by atomic mass is 16.5. The van der Waals surface area contributed by atoms with Crippen molar-refractivity contribution in [1.29, 1.82) is 0 Å². The van der Waals surface area contributed by atoms with Gasteiger partial charge in [0.05, 0.1) is 5.92 Å². The molecule has 1 heterocycles.